The average molecular weight is 422 g/mol. The van der Waals surface area contributed by atoms with E-state index < -0.39 is 0 Å². The van der Waals surface area contributed by atoms with E-state index in [2.05, 4.69) is 33.8 Å². The third-order valence-corrected chi connectivity index (χ3v) is 7.24. The molecule has 0 spiro atoms. The summed E-state index contributed by atoms with van der Waals surface area (Å²) < 4.78 is 5.71. The first-order valence-electron chi connectivity index (χ1n) is 10.7. The second kappa shape index (κ2) is 8.66. The number of hydrogen-bond donors (Lipinski definition) is 1. The van der Waals surface area contributed by atoms with Gasteiger partial charge in [-0.3, -0.25) is 4.90 Å². The summed E-state index contributed by atoms with van der Waals surface area (Å²) in [6.07, 6.45) is 5.04. The Labute approximate surface area is 181 Å². The number of urea groups is 1. The van der Waals surface area contributed by atoms with Crippen molar-refractivity contribution in [2.45, 2.75) is 31.3 Å². The molecular weight excluding hydrogens is 394 g/mol. The predicted octanol–water partition coefficient (Wildman–Crippen LogP) is 4.84. The lowest BCUT2D eigenvalue weighted by Crippen LogP contribution is -2.47. The molecule has 2 aromatic heterocycles. The third kappa shape index (κ3) is 3.77. The highest BCUT2D eigenvalue weighted by atomic mass is 32.1. The van der Waals surface area contributed by atoms with Crippen LogP contribution in [0.2, 0.25) is 0 Å². The quantitative estimate of drug-likeness (QED) is 0.642. The van der Waals surface area contributed by atoms with E-state index in [4.69, 9.17) is 4.42 Å². The summed E-state index contributed by atoms with van der Waals surface area (Å²) in [5.41, 5.74) is 2.42. The van der Waals surface area contributed by atoms with Crippen molar-refractivity contribution in [1.82, 2.24) is 15.1 Å². The molecule has 30 heavy (non-hydrogen) atoms. The van der Waals surface area contributed by atoms with Gasteiger partial charge in [0.15, 0.2) is 0 Å². The molecule has 5 rings (SSSR count). The summed E-state index contributed by atoms with van der Waals surface area (Å²) in [4.78, 5) is 19.2. The van der Waals surface area contributed by atoms with Crippen molar-refractivity contribution in [3.63, 3.8) is 0 Å². The Morgan fingerprint density at radius 1 is 1.10 bits per heavy atom. The van der Waals surface area contributed by atoms with Gasteiger partial charge in [-0.1, -0.05) is 30.3 Å². The maximum absolute atomic E-state index is 13.4. The number of furan rings is 1. The Morgan fingerprint density at radius 2 is 1.93 bits per heavy atom. The fourth-order valence-electron chi connectivity index (χ4n) is 4.76. The number of hydrogen-bond acceptors (Lipinski definition) is 4. The minimum Gasteiger partial charge on any atom is -0.468 e. The largest absolute Gasteiger partial charge is 0.468 e. The molecule has 3 aromatic rings. The van der Waals surface area contributed by atoms with Crippen molar-refractivity contribution in [3.8, 4) is 0 Å². The van der Waals surface area contributed by atoms with Gasteiger partial charge in [-0.05, 0) is 67.1 Å². The average Bonchev–Trinajstić information content (AvgIpc) is 3.56. The molecule has 2 atom stereocenters. The summed E-state index contributed by atoms with van der Waals surface area (Å²) in [6, 6.07) is 16.5. The van der Waals surface area contributed by atoms with Crippen molar-refractivity contribution in [2.24, 2.45) is 0 Å². The molecule has 1 saturated heterocycles. The van der Waals surface area contributed by atoms with E-state index in [9.17, 15) is 4.79 Å². The van der Waals surface area contributed by atoms with Crippen molar-refractivity contribution in [2.75, 3.05) is 26.2 Å². The van der Waals surface area contributed by atoms with Crippen LogP contribution in [0.4, 0.5) is 4.79 Å². The molecule has 0 aliphatic carbocycles. The second-order valence-corrected chi connectivity index (χ2v) is 9.02. The Balaban J connectivity index is 1.35. The monoisotopic (exact) mass is 421 g/mol. The Bertz CT molecular complexity index is 964. The van der Waals surface area contributed by atoms with E-state index in [1.165, 1.54) is 23.3 Å². The predicted molar refractivity (Wildman–Crippen MR) is 119 cm³/mol. The lowest BCUT2D eigenvalue weighted by molar-refractivity contribution is 0.169. The van der Waals surface area contributed by atoms with Gasteiger partial charge in [0.25, 0.3) is 0 Å². The van der Waals surface area contributed by atoms with Crippen molar-refractivity contribution in [3.05, 3.63) is 81.9 Å². The molecule has 1 N–H and O–H groups in total. The highest BCUT2D eigenvalue weighted by Crippen LogP contribution is 2.37. The fraction of sp³-hybridized carbons (Fsp3) is 0.375. The number of nitrogens with one attached hydrogen (secondary N) is 1. The minimum atomic E-state index is -0.0324. The topological polar surface area (TPSA) is 48.7 Å². The molecule has 2 amide bonds. The second-order valence-electron chi connectivity index (χ2n) is 8.02. The molecule has 6 heteroatoms. The van der Waals surface area contributed by atoms with Crippen LogP contribution < -0.4 is 5.32 Å². The van der Waals surface area contributed by atoms with Crippen LogP contribution in [0.1, 0.15) is 46.7 Å². The van der Waals surface area contributed by atoms with Crippen LogP contribution in [0.15, 0.2) is 64.6 Å². The molecular formula is C24H27N3O2S. The van der Waals surface area contributed by atoms with E-state index in [1.54, 1.807) is 17.6 Å². The standard InChI is InChI=1S/C24H27N3O2S/c28-24(25-17-20(21-9-6-15-29-21)26-12-4-5-13-26)27-14-10-22-19(11-16-30-22)23(27)18-7-2-1-3-8-18/h1-3,6-9,11,15-16,20,23H,4-5,10,12-14,17H2,(H,25,28)/t20-,23-/m1/s1. The molecule has 156 valence electrons. The van der Waals surface area contributed by atoms with Crippen molar-refractivity contribution in [1.29, 1.82) is 0 Å². The number of benzene rings is 1. The van der Waals surface area contributed by atoms with Gasteiger partial charge < -0.3 is 14.6 Å². The molecule has 2 aliphatic heterocycles. The van der Waals surface area contributed by atoms with Crippen molar-refractivity contribution < 1.29 is 9.21 Å². The van der Waals surface area contributed by atoms with Crippen LogP contribution in [-0.2, 0) is 6.42 Å². The van der Waals surface area contributed by atoms with Gasteiger partial charge in [0.1, 0.15) is 5.76 Å². The number of thiophene rings is 1. The van der Waals surface area contributed by atoms with Crippen LogP contribution in [0.3, 0.4) is 0 Å². The van der Waals surface area contributed by atoms with Gasteiger partial charge in [0.05, 0.1) is 18.3 Å². The zero-order valence-electron chi connectivity index (χ0n) is 17.0. The first-order valence-corrected chi connectivity index (χ1v) is 11.6. The highest BCUT2D eigenvalue weighted by Gasteiger charge is 2.33. The maximum Gasteiger partial charge on any atom is 0.318 e. The lowest BCUT2D eigenvalue weighted by Gasteiger charge is -2.37. The highest BCUT2D eigenvalue weighted by molar-refractivity contribution is 7.10. The number of carbonyl (C=O) groups is 1. The molecule has 1 aromatic carbocycles. The number of amides is 2. The summed E-state index contributed by atoms with van der Waals surface area (Å²) >= 11 is 1.79. The third-order valence-electron chi connectivity index (χ3n) is 6.24. The number of rotatable bonds is 5. The Hall–Kier alpha value is -2.57. The van der Waals surface area contributed by atoms with Gasteiger partial charge in [-0.25, -0.2) is 4.79 Å². The molecule has 4 heterocycles. The molecule has 0 bridgehead atoms. The molecule has 0 radical (unpaired) electrons. The Kier molecular flexibility index (Phi) is 5.60. The molecule has 0 unspecified atom stereocenters. The lowest BCUT2D eigenvalue weighted by atomic mass is 9.93. The normalized spacial score (nSPS) is 20.1. The fourth-order valence-corrected chi connectivity index (χ4v) is 5.66. The van der Waals surface area contributed by atoms with Crippen LogP contribution >= 0.6 is 11.3 Å². The van der Waals surface area contributed by atoms with Gasteiger partial charge in [0, 0.05) is 18.0 Å². The van der Waals surface area contributed by atoms with E-state index >= 15 is 0 Å². The van der Waals surface area contributed by atoms with Gasteiger partial charge in [0.2, 0.25) is 0 Å². The van der Waals surface area contributed by atoms with Gasteiger partial charge in [-0.15, -0.1) is 11.3 Å². The van der Waals surface area contributed by atoms with Crippen LogP contribution in [0.25, 0.3) is 0 Å². The minimum absolute atomic E-state index is 0.00328. The first kappa shape index (κ1) is 19.4. The molecule has 2 aliphatic rings. The number of carbonyl (C=O) groups excluding carboxylic acids is 1. The summed E-state index contributed by atoms with van der Waals surface area (Å²) in [7, 11) is 0. The molecule has 1 fully saturated rings. The summed E-state index contributed by atoms with van der Waals surface area (Å²) in [5.74, 6) is 0.926. The van der Waals surface area contributed by atoms with E-state index in [0.717, 1.165) is 37.4 Å². The molecule has 0 saturated carbocycles. The zero-order valence-corrected chi connectivity index (χ0v) is 17.8. The number of likely N-dealkylation sites (tertiary alicyclic amines) is 1. The first-order chi connectivity index (χ1) is 14.8. The number of fused-ring (bicyclic) bond motifs is 1. The molecule has 5 nitrogen and oxygen atoms in total. The maximum atomic E-state index is 13.4. The Morgan fingerprint density at radius 3 is 2.70 bits per heavy atom. The summed E-state index contributed by atoms with van der Waals surface area (Å²) in [5, 5.41) is 5.37. The zero-order chi connectivity index (χ0) is 20.3. The van der Waals surface area contributed by atoms with Crippen LogP contribution in [0, 0.1) is 0 Å². The SMILES string of the molecule is O=C(NC[C@H](c1ccco1)N1CCCC1)N1CCc2sccc2[C@H]1c1ccccc1. The van der Waals surface area contributed by atoms with E-state index in [-0.39, 0.29) is 18.1 Å². The van der Waals surface area contributed by atoms with Gasteiger partial charge in [-0.2, -0.15) is 0 Å². The smallest absolute Gasteiger partial charge is 0.318 e. The van der Waals surface area contributed by atoms with Crippen molar-refractivity contribution >= 4 is 17.4 Å². The van der Waals surface area contributed by atoms with Crippen LogP contribution in [0.5, 0.6) is 0 Å². The summed E-state index contributed by atoms with van der Waals surface area (Å²) in [6.45, 7) is 3.39. The van der Waals surface area contributed by atoms with Gasteiger partial charge >= 0.3 is 6.03 Å². The number of nitrogens with zero attached hydrogens (tertiary/aromatic N) is 2. The van der Waals surface area contributed by atoms with Crippen LogP contribution in [-0.4, -0.2) is 42.0 Å². The van der Waals surface area contributed by atoms with E-state index in [1.807, 2.05) is 35.2 Å². The van der Waals surface area contributed by atoms with E-state index in [0.29, 0.717) is 6.54 Å².